The summed E-state index contributed by atoms with van der Waals surface area (Å²) in [5, 5.41) is 0.593. The number of fused-ring (bicyclic) bond motifs is 4. The summed E-state index contributed by atoms with van der Waals surface area (Å²) >= 11 is 7.91. The maximum atomic E-state index is 7.91. The third-order valence-corrected chi connectivity index (χ3v) is 17.7. The Hall–Kier alpha value is -8.77. The van der Waals surface area contributed by atoms with E-state index >= 15 is 0 Å². The van der Waals surface area contributed by atoms with Crippen LogP contribution in [0.3, 0.4) is 0 Å². The van der Waals surface area contributed by atoms with Gasteiger partial charge in [0.25, 0.3) is 0 Å². The van der Waals surface area contributed by atoms with Crippen LogP contribution < -0.4 is 20.7 Å². The minimum Gasteiger partial charge on any atom is -0.310 e. The van der Waals surface area contributed by atoms with Crippen LogP contribution in [-0.4, -0.2) is 16.7 Å². The topological polar surface area (TPSA) is 32.3 Å². The van der Waals surface area contributed by atoms with Crippen LogP contribution in [-0.2, 0) is 21.7 Å². The summed E-state index contributed by atoms with van der Waals surface area (Å²) in [4.78, 5) is 15.2. The monoisotopic (exact) mass is 1150 g/mol. The Morgan fingerprint density at radius 3 is 0.874 bits per heavy atom. The molecule has 12 rings (SSSR count). The van der Waals surface area contributed by atoms with Crippen LogP contribution in [0.1, 0.15) is 105 Å². The molecular weight excluding hydrogens is 1080 g/mol. The second kappa shape index (κ2) is 22.8. The SMILES string of the molecule is CB1c2ccc(-c3cc(C(C)(C)C)cc(C(C)(C)C)c3)cc2N(c2c(-c3ccccc3)cncc2-c2ccccc2)c2cc(Cl)cc(c2)N(c2c(-c3ccccc3)cncc2-c2ccccc2)c2cc(-c3cc(C(C)(C)C)cc(C(C)(C)C)c3)ccc21. The Morgan fingerprint density at radius 2 is 0.598 bits per heavy atom. The lowest BCUT2D eigenvalue weighted by Crippen LogP contribution is -2.44. The van der Waals surface area contributed by atoms with Gasteiger partial charge in [0.1, 0.15) is 0 Å². The van der Waals surface area contributed by atoms with Crippen molar-refractivity contribution < 1.29 is 0 Å². The van der Waals surface area contributed by atoms with Crippen molar-refractivity contribution in [3.63, 3.8) is 0 Å². The van der Waals surface area contributed by atoms with Crippen molar-refractivity contribution in [1.82, 2.24) is 9.97 Å². The van der Waals surface area contributed by atoms with Gasteiger partial charge in [-0.3, -0.25) is 9.97 Å². The van der Waals surface area contributed by atoms with Crippen molar-refractivity contribution in [3.8, 4) is 66.8 Å². The Bertz CT molecular complexity index is 3880. The van der Waals surface area contributed by atoms with Crippen molar-refractivity contribution >= 4 is 63.4 Å². The maximum absolute atomic E-state index is 7.91. The Balaban J connectivity index is 1.26. The summed E-state index contributed by atoms with van der Waals surface area (Å²) in [6.07, 6.45) is 8.15. The molecule has 1 aliphatic heterocycles. The molecule has 0 atom stereocenters. The van der Waals surface area contributed by atoms with E-state index in [9.17, 15) is 0 Å². The highest BCUT2D eigenvalue weighted by Gasteiger charge is 2.35. The van der Waals surface area contributed by atoms with E-state index in [1.54, 1.807) is 0 Å². The maximum Gasteiger partial charge on any atom is 0.211 e. The molecule has 0 amide bonds. The zero-order valence-corrected chi connectivity index (χ0v) is 53.5. The molecule has 0 spiro atoms. The Kier molecular flexibility index (Phi) is 15.4. The van der Waals surface area contributed by atoms with E-state index < -0.39 is 0 Å². The van der Waals surface area contributed by atoms with E-state index in [1.165, 1.54) is 33.4 Å². The molecule has 6 heteroatoms. The number of hydrogen-bond donors (Lipinski definition) is 0. The summed E-state index contributed by atoms with van der Waals surface area (Å²) in [6.45, 7) is 30.0. The van der Waals surface area contributed by atoms with Crippen molar-refractivity contribution in [2.24, 2.45) is 0 Å². The Labute approximate surface area is 522 Å². The van der Waals surface area contributed by atoms with E-state index in [2.05, 4.69) is 312 Å². The van der Waals surface area contributed by atoms with E-state index in [1.807, 2.05) is 24.8 Å². The van der Waals surface area contributed by atoms with Crippen LogP contribution in [0.15, 0.2) is 237 Å². The summed E-state index contributed by atoms with van der Waals surface area (Å²) in [6, 6.07) is 78.5. The second-order valence-corrected chi connectivity index (χ2v) is 28.3. The number of pyridine rings is 2. The lowest BCUT2D eigenvalue weighted by molar-refractivity contribution is 0.568. The van der Waals surface area contributed by atoms with Crippen LogP contribution in [0.4, 0.5) is 34.1 Å². The highest BCUT2D eigenvalue weighted by molar-refractivity contribution is 6.86. The van der Waals surface area contributed by atoms with Gasteiger partial charge >= 0.3 is 0 Å². The van der Waals surface area contributed by atoms with E-state index in [0.29, 0.717) is 5.02 Å². The minimum atomic E-state index is -0.191. The summed E-state index contributed by atoms with van der Waals surface area (Å²) in [5.74, 6) is 0. The predicted octanol–water partition coefficient (Wildman–Crippen LogP) is 21.8. The van der Waals surface area contributed by atoms with Crippen LogP contribution in [0.5, 0.6) is 0 Å². The number of halogens is 1. The third-order valence-electron chi connectivity index (χ3n) is 17.5. The molecule has 0 fully saturated rings. The zero-order valence-electron chi connectivity index (χ0n) is 52.8. The molecule has 87 heavy (non-hydrogen) atoms. The normalized spacial score (nSPS) is 12.9. The molecule has 2 bridgehead atoms. The minimum absolute atomic E-state index is 0.0912. The first-order valence-corrected chi connectivity index (χ1v) is 31.1. The lowest BCUT2D eigenvalue weighted by Gasteiger charge is -2.38. The van der Waals surface area contributed by atoms with Gasteiger partial charge < -0.3 is 9.80 Å². The number of aromatic nitrogens is 2. The molecule has 2 aromatic heterocycles. The first-order chi connectivity index (χ1) is 41.5. The fourth-order valence-electron chi connectivity index (χ4n) is 12.4. The standard InChI is InChI=1S/C81H78BClN4/c1-78(2,3)61-38-59(39-62(44-61)79(4,5)6)57-34-36-72-74(42-57)86(76-68(53-26-18-14-19-27-53)49-84-50-69(76)54-28-20-15-21-29-54)66-46-65(83)47-67(48-66)87(77-70(55-30-22-16-23-31-55)51-85-52-71(77)56-32-24-17-25-33-56)75-43-58(35-37-73(75)82(72)13)60-40-63(80(7,8)9)45-64(41-60)81(10,11)12/h14-52H,1-13H3. The van der Waals surface area contributed by atoms with Crippen molar-refractivity contribution in [2.45, 2.75) is 112 Å². The van der Waals surface area contributed by atoms with Crippen molar-refractivity contribution in [1.29, 1.82) is 0 Å². The quantitative estimate of drug-likeness (QED) is 0.142. The molecule has 0 N–H and O–H groups in total. The molecule has 0 saturated carbocycles. The zero-order chi connectivity index (χ0) is 61.2. The number of anilines is 6. The molecule has 0 saturated heterocycles. The van der Waals surface area contributed by atoms with E-state index in [0.717, 1.165) is 101 Å². The fourth-order valence-corrected chi connectivity index (χ4v) is 12.6. The highest BCUT2D eigenvalue weighted by Crippen LogP contribution is 2.52. The molecule has 0 unspecified atom stereocenters. The number of hydrogen-bond acceptors (Lipinski definition) is 4. The molecule has 4 nitrogen and oxygen atoms in total. The average Bonchev–Trinajstić information content (AvgIpc) is 0.816. The molecule has 432 valence electrons. The summed E-state index contributed by atoms with van der Waals surface area (Å²) < 4.78 is 0. The molecule has 0 aliphatic carbocycles. The largest absolute Gasteiger partial charge is 0.310 e. The number of nitrogens with zero attached hydrogens (tertiary/aromatic N) is 4. The second-order valence-electron chi connectivity index (χ2n) is 27.8. The van der Waals surface area contributed by atoms with Gasteiger partial charge in [0, 0.05) is 74.8 Å². The van der Waals surface area contributed by atoms with E-state index in [-0.39, 0.29) is 28.4 Å². The number of rotatable bonds is 8. The first kappa shape index (κ1) is 58.6. The predicted molar refractivity (Wildman–Crippen MR) is 375 cm³/mol. The fraction of sp³-hybridized carbons (Fsp3) is 0.210. The molecule has 11 aromatic rings. The van der Waals surface area contributed by atoms with Gasteiger partial charge in [0.15, 0.2) is 0 Å². The van der Waals surface area contributed by atoms with Crippen molar-refractivity contribution in [3.05, 3.63) is 264 Å². The van der Waals surface area contributed by atoms with Gasteiger partial charge in [0.05, 0.1) is 11.4 Å². The number of benzene rings is 9. The van der Waals surface area contributed by atoms with Gasteiger partial charge in [-0.1, -0.05) is 294 Å². The molecule has 0 radical (unpaired) electrons. The lowest BCUT2D eigenvalue weighted by atomic mass is 9.41. The van der Waals surface area contributed by atoms with Gasteiger partial charge in [0.2, 0.25) is 6.71 Å². The van der Waals surface area contributed by atoms with Crippen molar-refractivity contribution in [2.75, 3.05) is 9.80 Å². The summed E-state index contributed by atoms with van der Waals surface area (Å²) in [7, 11) is 0. The van der Waals surface area contributed by atoms with Gasteiger partial charge in [-0.05, 0) is 119 Å². The molecule has 1 aliphatic rings. The van der Waals surface area contributed by atoms with Gasteiger partial charge in [-0.2, -0.15) is 0 Å². The van der Waals surface area contributed by atoms with Crippen LogP contribution in [0.2, 0.25) is 11.8 Å². The molecule has 3 heterocycles. The van der Waals surface area contributed by atoms with Crippen LogP contribution in [0, 0.1) is 0 Å². The first-order valence-electron chi connectivity index (χ1n) is 30.7. The van der Waals surface area contributed by atoms with E-state index in [4.69, 9.17) is 21.6 Å². The van der Waals surface area contributed by atoms with Crippen LogP contribution in [0.25, 0.3) is 66.8 Å². The summed E-state index contributed by atoms with van der Waals surface area (Å²) in [5.41, 5.74) is 25.8. The van der Waals surface area contributed by atoms with Gasteiger partial charge in [-0.25, -0.2) is 0 Å². The highest BCUT2D eigenvalue weighted by atomic mass is 35.5. The molecular formula is C81H78BClN4. The van der Waals surface area contributed by atoms with Gasteiger partial charge in [-0.15, -0.1) is 0 Å². The molecule has 9 aromatic carbocycles. The Morgan fingerprint density at radius 1 is 0.310 bits per heavy atom. The van der Waals surface area contributed by atoms with Crippen LogP contribution >= 0.6 is 11.6 Å². The average molecular weight is 1150 g/mol. The third kappa shape index (κ3) is 11.7. The smallest absolute Gasteiger partial charge is 0.211 e.